The molecule has 5 nitrogen and oxygen atoms in total. The molecule has 0 aliphatic rings. The summed E-state index contributed by atoms with van der Waals surface area (Å²) in [5.41, 5.74) is -0.980. The van der Waals surface area contributed by atoms with Gasteiger partial charge in [-0.05, 0) is 33.7 Å². The Kier molecular flexibility index (Phi) is 4.57. The number of rotatable bonds is 4. The lowest BCUT2D eigenvalue weighted by atomic mass is 10.1. The number of aromatic amines is 1. The van der Waals surface area contributed by atoms with E-state index in [1.165, 1.54) is 22.9 Å². The maximum Gasteiger partial charge on any atom is 0.439 e. The SMILES string of the molecule is O=C(C=Cc1ccc(C(F)(F)F)cc1)c1c(=O)o[nH][n+]1-c1ccccc1. The van der Waals surface area contributed by atoms with Gasteiger partial charge in [0.25, 0.3) is 5.78 Å². The molecule has 3 aromatic rings. The fourth-order valence-corrected chi connectivity index (χ4v) is 2.28. The molecule has 0 amide bonds. The number of nitrogens with one attached hydrogen (secondary N) is 1. The lowest BCUT2D eigenvalue weighted by Crippen LogP contribution is -2.40. The Morgan fingerprint density at radius 2 is 1.69 bits per heavy atom. The van der Waals surface area contributed by atoms with Crippen molar-refractivity contribution in [3.63, 3.8) is 0 Å². The van der Waals surface area contributed by atoms with Crippen LogP contribution in [-0.4, -0.2) is 11.1 Å². The van der Waals surface area contributed by atoms with Crippen LogP contribution >= 0.6 is 0 Å². The van der Waals surface area contributed by atoms with Crippen LogP contribution in [0.25, 0.3) is 11.8 Å². The number of nitrogens with zero attached hydrogens (tertiary/aromatic N) is 1. The first-order valence-electron chi connectivity index (χ1n) is 7.45. The summed E-state index contributed by atoms with van der Waals surface area (Å²) in [4.78, 5) is 24.2. The van der Waals surface area contributed by atoms with E-state index in [1.54, 1.807) is 30.3 Å². The molecular formula is C18H12F3N2O3+. The van der Waals surface area contributed by atoms with Gasteiger partial charge < -0.3 is 0 Å². The number of ketones is 1. The second kappa shape index (κ2) is 6.83. The molecule has 0 unspecified atom stereocenters. The third kappa shape index (κ3) is 3.64. The van der Waals surface area contributed by atoms with Gasteiger partial charge in [-0.25, -0.2) is 4.79 Å². The molecule has 0 spiro atoms. The first-order valence-corrected chi connectivity index (χ1v) is 7.45. The van der Waals surface area contributed by atoms with Gasteiger partial charge in [-0.15, -0.1) is 0 Å². The van der Waals surface area contributed by atoms with Crippen LogP contribution in [0.4, 0.5) is 13.2 Å². The van der Waals surface area contributed by atoms with Gasteiger partial charge in [-0.3, -0.25) is 9.32 Å². The molecule has 0 saturated heterocycles. The molecular weight excluding hydrogens is 349 g/mol. The molecule has 1 N–H and O–H groups in total. The Morgan fingerprint density at radius 1 is 1.04 bits per heavy atom. The summed E-state index contributed by atoms with van der Waals surface area (Å²) in [7, 11) is 0. The molecule has 0 atom stereocenters. The molecule has 0 aliphatic heterocycles. The zero-order valence-electron chi connectivity index (χ0n) is 13.2. The first kappa shape index (κ1) is 17.4. The number of aromatic nitrogens is 2. The van der Waals surface area contributed by atoms with Crippen molar-refractivity contribution in [2.24, 2.45) is 0 Å². The Hall–Kier alpha value is -3.42. The minimum Gasteiger partial charge on any atom is -0.282 e. The van der Waals surface area contributed by atoms with Crippen LogP contribution < -0.4 is 10.3 Å². The smallest absolute Gasteiger partial charge is 0.282 e. The van der Waals surface area contributed by atoms with Gasteiger partial charge in [-0.1, -0.05) is 36.4 Å². The zero-order valence-corrected chi connectivity index (χ0v) is 13.2. The quantitative estimate of drug-likeness (QED) is 0.441. The molecule has 26 heavy (non-hydrogen) atoms. The van der Waals surface area contributed by atoms with Crippen molar-refractivity contribution in [2.75, 3.05) is 0 Å². The summed E-state index contributed by atoms with van der Waals surface area (Å²) in [5, 5.41) is 2.34. The minimum absolute atomic E-state index is 0.251. The minimum atomic E-state index is -4.43. The second-order valence-corrected chi connectivity index (χ2v) is 5.32. The highest BCUT2D eigenvalue weighted by atomic mass is 19.4. The van der Waals surface area contributed by atoms with Crippen molar-refractivity contribution in [1.82, 2.24) is 5.27 Å². The Balaban J connectivity index is 1.86. The number of carbonyl (C=O) groups excluding carboxylic acids is 1. The number of carbonyl (C=O) groups is 1. The van der Waals surface area contributed by atoms with Gasteiger partial charge >= 0.3 is 17.5 Å². The number of hydrogen-bond acceptors (Lipinski definition) is 3. The van der Waals surface area contributed by atoms with Gasteiger partial charge in [0, 0.05) is 12.1 Å². The monoisotopic (exact) mass is 361 g/mol. The molecule has 1 aromatic heterocycles. The van der Waals surface area contributed by atoms with E-state index in [-0.39, 0.29) is 5.69 Å². The van der Waals surface area contributed by atoms with Crippen LogP contribution in [0.1, 0.15) is 21.6 Å². The predicted molar refractivity (Wildman–Crippen MR) is 85.7 cm³/mol. The molecule has 2 aromatic carbocycles. The van der Waals surface area contributed by atoms with Gasteiger partial charge in [-0.2, -0.15) is 13.2 Å². The highest BCUT2D eigenvalue weighted by molar-refractivity contribution is 6.04. The summed E-state index contributed by atoms with van der Waals surface area (Å²) in [6, 6.07) is 12.9. The van der Waals surface area contributed by atoms with Crippen molar-refractivity contribution in [1.29, 1.82) is 0 Å². The molecule has 0 radical (unpaired) electrons. The van der Waals surface area contributed by atoms with E-state index in [2.05, 4.69) is 9.79 Å². The fourth-order valence-electron chi connectivity index (χ4n) is 2.28. The van der Waals surface area contributed by atoms with Crippen LogP contribution in [0.2, 0.25) is 0 Å². The highest BCUT2D eigenvalue weighted by Crippen LogP contribution is 2.29. The molecule has 132 valence electrons. The van der Waals surface area contributed by atoms with Crippen LogP contribution in [-0.2, 0) is 6.18 Å². The van der Waals surface area contributed by atoms with E-state index < -0.39 is 23.1 Å². The lowest BCUT2D eigenvalue weighted by molar-refractivity contribution is -0.672. The van der Waals surface area contributed by atoms with E-state index in [0.29, 0.717) is 11.3 Å². The van der Waals surface area contributed by atoms with Crippen molar-refractivity contribution >= 4 is 11.9 Å². The van der Waals surface area contributed by atoms with Crippen LogP contribution in [0.3, 0.4) is 0 Å². The van der Waals surface area contributed by atoms with Gasteiger partial charge in [0.2, 0.25) is 5.69 Å². The molecule has 1 heterocycles. The zero-order chi connectivity index (χ0) is 18.7. The summed E-state index contributed by atoms with van der Waals surface area (Å²) < 4.78 is 43.5. The molecule has 8 heteroatoms. The number of allylic oxidation sites excluding steroid dienone is 1. The number of halogens is 3. The van der Waals surface area contributed by atoms with Crippen molar-refractivity contribution in [3.05, 3.63) is 87.9 Å². The molecule has 0 aliphatic carbocycles. The maximum atomic E-state index is 12.5. The standard InChI is InChI=1S/C18H11F3N2O3/c19-18(20,21)13-9-6-12(7-10-13)8-11-15(24)16-17(25)26-22-23(16)14-4-2-1-3-5-14/h1-11H/p+1. The third-order valence-electron chi connectivity index (χ3n) is 3.56. The van der Waals surface area contributed by atoms with Crippen LogP contribution in [0.15, 0.2) is 70.0 Å². The van der Waals surface area contributed by atoms with Gasteiger partial charge in [0.1, 0.15) is 0 Å². The summed E-state index contributed by atoms with van der Waals surface area (Å²) in [6.07, 6.45) is -2.00. The normalized spacial score (nSPS) is 11.8. The molecule has 3 rings (SSSR count). The molecule has 0 fully saturated rings. The average molecular weight is 361 g/mol. The molecule has 0 saturated carbocycles. The fraction of sp³-hybridized carbons (Fsp3) is 0.0556. The average Bonchev–Trinajstić information content (AvgIpc) is 3.02. The predicted octanol–water partition coefficient (Wildman–Crippen LogP) is 3.16. The summed E-state index contributed by atoms with van der Waals surface area (Å²) in [5.74, 6) is -0.649. The van der Waals surface area contributed by atoms with E-state index in [0.717, 1.165) is 18.2 Å². The van der Waals surface area contributed by atoms with Crippen molar-refractivity contribution in [2.45, 2.75) is 6.18 Å². The first-order chi connectivity index (χ1) is 12.4. The van der Waals surface area contributed by atoms with Crippen LogP contribution in [0, 0.1) is 0 Å². The Bertz CT molecular complexity index is 1000. The van der Waals surface area contributed by atoms with Crippen molar-refractivity contribution < 1.29 is 27.2 Å². The topological polar surface area (TPSA) is 67.0 Å². The van der Waals surface area contributed by atoms with E-state index in [9.17, 15) is 22.8 Å². The second-order valence-electron chi connectivity index (χ2n) is 5.32. The third-order valence-corrected chi connectivity index (χ3v) is 3.56. The number of alkyl halides is 3. The van der Waals surface area contributed by atoms with Gasteiger partial charge in [0.15, 0.2) is 0 Å². The lowest BCUT2D eigenvalue weighted by Gasteiger charge is -2.05. The Morgan fingerprint density at radius 3 is 2.31 bits per heavy atom. The van der Waals surface area contributed by atoms with Crippen LogP contribution in [0.5, 0.6) is 0 Å². The summed E-state index contributed by atoms with van der Waals surface area (Å²) in [6.45, 7) is 0. The number of para-hydroxylation sites is 1. The number of benzene rings is 2. The number of hydrogen-bond donors (Lipinski definition) is 1. The van der Waals surface area contributed by atoms with Crippen molar-refractivity contribution in [3.8, 4) is 5.69 Å². The van der Waals surface area contributed by atoms with Gasteiger partial charge in [0.05, 0.1) is 5.56 Å². The van der Waals surface area contributed by atoms with E-state index in [4.69, 9.17) is 0 Å². The number of H-pyrrole nitrogens is 1. The maximum absolute atomic E-state index is 12.5. The Labute approximate surface area is 144 Å². The van der Waals surface area contributed by atoms with E-state index >= 15 is 0 Å². The highest BCUT2D eigenvalue weighted by Gasteiger charge is 2.30. The summed E-state index contributed by atoms with van der Waals surface area (Å²) >= 11 is 0. The molecule has 0 bridgehead atoms. The van der Waals surface area contributed by atoms with E-state index in [1.807, 2.05) is 0 Å². The largest absolute Gasteiger partial charge is 0.439 e.